The quantitative estimate of drug-likeness (QED) is 0.273. The summed E-state index contributed by atoms with van der Waals surface area (Å²) in [6, 6.07) is 9.64. The SMILES string of the molecule is O=C(COC(=O)c1ccc(OS(=O)(=O)c2cccc([N+](=O)[O-])c2)cc1)NC1CCCCC1. The molecule has 1 aliphatic rings. The van der Waals surface area contributed by atoms with Crippen LogP contribution >= 0.6 is 0 Å². The number of ether oxygens (including phenoxy) is 1. The molecular weight excluding hydrogens is 440 g/mol. The molecule has 2 aromatic rings. The number of rotatable bonds is 8. The molecule has 0 saturated heterocycles. The number of hydrogen-bond donors (Lipinski definition) is 1. The van der Waals surface area contributed by atoms with E-state index in [0.717, 1.165) is 44.2 Å². The van der Waals surface area contributed by atoms with Crippen molar-refractivity contribution < 1.29 is 31.9 Å². The lowest BCUT2D eigenvalue weighted by atomic mass is 9.95. The number of carbonyl (C=O) groups is 2. The summed E-state index contributed by atoms with van der Waals surface area (Å²) in [4.78, 5) is 33.8. The second-order valence-corrected chi connectivity index (χ2v) is 8.84. The number of nitro groups is 1. The molecule has 0 radical (unpaired) electrons. The Morgan fingerprint density at radius 1 is 1.06 bits per heavy atom. The summed E-state index contributed by atoms with van der Waals surface area (Å²) in [5.41, 5.74) is -0.282. The Hall–Kier alpha value is -3.47. The lowest BCUT2D eigenvalue weighted by molar-refractivity contribution is -0.385. The lowest BCUT2D eigenvalue weighted by Crippen LogP contribution is -2.38. The number of nitro benzene ring substituents is 1. The van der Waals surface area contributed by atoms with Crippen molar-refractivity contribution in [1.82, 2.24) is 5.32 Å². The zero-order valence-corrected chi connectivity index (χ0v) is 17.9. The molecule has 3 rings (SSSR count). The number of esters is 1. The van der Waals surface area contributed by atoms with Gasteiger partial charge in [-0.1, -0.05) is 25.3 Å². The molecule has 11 heteroatoms. The van der Waals surface area contributed by atoms with Crippen LogP contribution in [0.25, 0.3) is 0 Å². The minimum atomic E-state index is -4.31. The standard InChI is InChI=1S/C21H22N2O8S/c24-20(22-16-5-2-1-3-6-16)14-30-21(25)15-9-11-18(12-10-15)31-32(28,29)19-8-4-7-17(13-19)23(26)27/h4,7-13,16H,1-3,5-6,14H2,(H,22,24). The number of benzene rings is 2. The second-order valence-electron chi connectivity index (χ2n) is 7.29. The average Bonchev–Trinajstić information content (AvgIpc) is 2.78. The Morgan fingerprint density at radius 3 is 2.41 bits per heavy atom. The highest BCUT2D eigenvalue weighted by Crippen LogP contribution is 2.22. The van der Waals surface area contributed by atoms with Gasteiger partial charge < -0.3 is 14.2 Å². The topological polar surface area (TPSA) is 142 Å². The van der Waals surface area contributed by atoms with E-state index in [2.05, 4.69) is 5.32 Å². The van der Waals surface area contributed by atoms with E-state index in [1.54, 1.807) is 0 Å². The molecule has 170 valence electrons. The first-order chi connectivity index (χ1) is 15.2. The van der Waals surface area contributed by atoms with Gasteiger partial charge in [-0.2, -0.15) is 8.42 Å². The maximum Gasteiger partial charge on any atom is 0.339 e. The van der Waals surface area contributed by atoms with Gasteiger partial charge in [-0.3, -0.25) is 14.9 Å². The number of amides is 1. The minimum Gasteiger partial charge on any atom is -0.452 e. The number of non-ortho nitro benzene ring substituents is 1. The molecule has 0 atom stereocenters. The van der Waals surface area contributed by atoms with Gasteiger partial charge in [-0.25, -0.2) is 4.79 Å². The molecule has 0 aliphatic heterocycles. The molecule has 1 N–H and O–H groups in total. The van der Waals surface area contributed by atoms with Crippen molar-refractivity contribution in [2.24, 2.45) is 0 Å². The zero-order valence-electron chi connectivity index (χ0n) is 17.1. The summed E-state index contributed by atoms with van der Waals surface area (Å²) >= 11 is 0. The predicted molar refractivity (Wildman–Crippen MR) is 113 cm³/mol. The molecule has 0 spiro atoms. The lowest BCUT2D eigenvalue weighted by Gasteiger charge is -2.22. The van der Waals surface area contributed by atoms with Gasteiger partial charge >= 0.3 is 16.1 Å². The fraction of sp³-hybridized carbons (Fsp3) is 0.333. The number of nitrogens with zero attached hydrogens (tertiary/aromatic N) is 1. The number of nitrogens with one attached hydrogen (secondary N) is 1. The first-order valence-corrected chi connectivity index (χ1v) is 11.4. The summed E-state index contributed by atoms with van der Waals surface area (Å²) < 4.78 is 34.7. The van der Waals surface area contributed by atoms with Gasteiger partial charge in [0.05, 0.1) is 10.5 Å². The van der Waals surface area contributed by atoms with Crippen LogP contribution in [-0.2, 0) is 19.6 Å². The van der Waals surface area contributed by atoms with E-state index in [-0.39, 0.29) is 33.8 Å². The number of hydrogen-bond acceptors (Lipinski definition) is 8. The van der Waals surface area contributed by atoms with E-state index in [1.807, 2.05) is 0 Å². The first-order valence-electron chi connectivity index (χ1n) is 10.00. The van der Waals surface area contributed by atoms with Crippen LogP contribution < -0.4 is 9.50 Å². The van der Waals surface area contributed by atoms with Crippen LogP contribution in [0.4, 0.5) is 5.69 Å². The van der Waals surface area contributed by atoms with E-state index in [4.69, 9.17) is 8.92 Å². The van der Waals surface area contributed by atoms with Crippen LogP contribution in [0, 0.1) is 10.1 Å². The molecule has 1 aliphatic carbocycles. The Labute approximate surface area is 184 Å². The highest BCUT2D eigenvalue weighted by atomic mass is 32.2. The minimum absolute atomic E-state index is 0.0944. The van der Waals surface area contributed by atoms with Crippen molar-refractivity contribution in [2.45, 2.75) is 43.0 Å². The van der Waals surface area contributed by atoms with Crippen molar-refractivity contribution in [1.29, 1.82) is 0 Å². The van der Waals surface area contributed by atoms with Crippen LogP contribution in [0.3, 0.4) is 0 Å². The van der Waals surface area contributed by atoms with Gasteiger partial charge in [0.25, 0.3) is 11.6 Å². The Kier molecular flexibility index (Phi) is 7.41. The largest absolute Gasteiger partial charge is 0.452 e. The summed E-state index contributed by atoms with van der Waals surface area (Å²) in [6.07, 6.45) is 5.13. The highest BCUT2D eigenvalue weighted by Gasteiger charge is 2.21. The van der Waals surface area contributed by atoms with E-state index in [9.17, 15) is 28.1 Å². The molecule has 1 amide bonds. The van der Waals surface area contributed by atoms with Gasteiger partial charge in [-0.05, 0) is 43.2 Å². The molecule has 10 nitrogen and oxygen atoms in total. The normalized spacial score (nSPS) is 14.4. The Bertz CT molecular complexity index is 1090. The second kappa shape index (κ2) is 10.2. The third kappa shape index (κ3) is 6.27. The molecule has 0 unspecified atom stereocenters. The van der Waals surface area contributed by atoms with Crippen LogP contribution in [0.5, 0.6) is 5.75 Å². The summed E-state index contributed by atoms with van der Waals surface area (Å²) in [5, 5.41) is 13.7. The van der Waals surface area contributed by atoms with E-state index in [1.165, 1.54) is 36.4 Å². The molecule has 1 saturated carbocycles. The van der Waals surface area contributed by atoms with Gasteiger partial charge in [0.1, 0.15) is 10.6 Å². The third-order valence-electron chi connectivity index (χ3n) is 4.92. The van der Waals surface area contributed by atoms with E-state index >= 15 is 0 Å². The van der Waals surface area contributed by atoms with Gasteiger partial charge in [0.15, 0.2) is 6.61 Å². The average molecular weight is 462 g/mol. The van der Waals surface area contributed by atoms with Crippen LogP contribution in [0.1, 0.15) is 42.5 Å². The Balaban J connectivity index is 1.56. The van der Waals surface area contributed by atoms with Crippen molar-refractivity contribution in [3.8, 4) is 5.75 Å². The van der Waals surface area contributed by atoms with Crippen molar-refractivity contribution >= 4 is 27.7 Å². The fourth-order valence-electron chi connectivity index (χ4n) is 3.30. The Morgan fingerprint density at radius 2 is 1.75 bits per heavy atom. The first kappa shape index (κ1) is 23.2. The van der Waals surface area contributed by atoms with Crippen LogP contribution in [0.15, 0.2) is 53.4 Å². The van der Waals surface area contributed by atoms with E-state index in [0.29, 0.717) is 0 Å². The molecule has 0 bridgehead atoms. The third-order valence-corrected chi connectivity index (χ3v) is 6.16. The van der Waals surface area contributed by atoms with Crippen LogP contribution in [-0.4, -0.2) is 37.9 Å². The fourth-order valence-corrected chi connectivity index (χ4v) is 4.28. The maximum absolute atomic E-state index is 12.4. The predicted octanol–water partition coefficient (Wildman–Crippen LogP) is 2.97. The highest BCUT2D eigenvalue weighted by molar-refractivity contribution is 7.87. The summed E-state index contributed by atoms with van der Waals surface area (Å²) in [5.74, 6) is -1.20. The smallest absolute Gasteiger partial charge is 0.339 e. The zero-order chi connectivity index (χ0) is 23.1. The van der Waals surface area contributed by atoms with Gasteiger partial charge in [-0.15, -0.1) is 0 Å². The molecule has 32 heavy (non-hydrogen) atoms. The molecular formula is C21H22N2O8S. The molecule has 1 fully saturated rings. The summed E-state index contributed by atoms with van der Waals surface area (Å²) in [6.45, 7) is -0.408. The van der Waals surface area contributed by atoms with E-state index < -0.39 is 27.6 Å². The van der Waals surface area contributed by atoms with Crippen molar-refractivity contribution in [3.63, 3.8) is 0 Å². The maximum atomic E-state index is 12.4. The van der Waals surface area contributed by atoms with Crippen molar-refractivity contribution in [2.75, 3.05) is 6.61 Å². The van der Waals surface area contributed by atoms with Crippen molar-refractivity contribution in [3.05, 3.63) is 64.2 Å². The number of carbonyl (C=O) groups excluding carboxylic acids is 2. The monoisotopic (exact) mass is 462 g/mol. The molecule has 0 aromatic heterocycles. The van der Waals surface area contributed by atoms with Gasteiger partial charge in [0.2, 0.25) is 0 Å². The van der Waals surface area contributed by atoms with Crippen LogP contribution in [0.2, 0.25) is 0 Å². The summed E-state index contributed by atoms with van der Waals surface area (Å²) in [7, 11) is -4.31. The van der Waals surface area contributed by atoms with Gasteiger partial charge in [0, 0.05) is 18.2 Å². The molecule has 2 aromatic carbocycles. The molecule has 0 heterocycles.